The molecule has 0 unspecified atom stereocenters. The molecule has 0 spiro atoms. The lowest BCUT2D eigenvalue weighted by Gasteiger charge is -2.30. The first-order valence-electron chi connectivity index (χ1n) is 8.10. The van der Waals surface area contributed by atoms with Crippen LogP contribution in [0.3, 0.4) is 0 Å². The minimum Gasteiger partial charge on any atom is -0.481 e. The predicted molar refractivity (Wildman–Crippen MR) is 89.3 cm³/mol. The third-order valence-corrected chi connectivity index (χ3v) is 3.94. The van der Waals surface area contributed by atoms with E-state index in [0.29, 0.717) is 18.8 Å². The molecule has 0 aromatic heterocycles. The number of carbonyl (C=O) groups is 2. The van der Waals surface area contributed by atoms with Gasteiger partial charge in [0.25, 0.3) is 5.91 Å². The van der Waals surface area contributed by atoms with Gasteiger partial charge in [-0.3, -0.25) is 9.59 Å². The Labute approximate surface area is 136 Å². The Morgan fingerprint density at radius 2 is 2.13 bits per heavy atom. The highest BCUT2D eigenvalue weighted by Crippen LogP contribution is 2.35. The Hall–Kier alpha value is -2.24. The average molecular weight is 320 g/mol. The molecule has 6 heteroatoms. The van der Waals surface area contributed by atoms with Gasteiger partial charge in [-0.05, 0) is 25.5 Å². The molecule has 1 aromatic rings. The van der Waals surface area contributed by atoms with E-state index >= 15 is 0 Å². The molecule has 2 rings (SSSR count). The van der Waals surface area contributed by atoms with Crippen molar-refractivity contribution in [2.75, 3.05) is 36.0 Å². The summed E-state index contributed by atoms with van der Waals surface area (Å²) in [7, 11) is 0. The summed E-state index contributed by atoms with van der Waals surface area (Å²) in [6.07, 6.45) is 2.14. The predicted octanol–water partition coefficient (Wildman–Crippen LogP) is 2.51. The van der Waals surface area contributed by atoms with Crippen molar-refractivity contribution in [2.24, 2.45) is 0 Å². The number of fused-ring (bicyclic) bond motifs is 1. The van der Waals surface area contributed by atoms with Crippen molar-refractivity contribution >= 4 is 23.3 Å². The summed E-state index contributed by atoms with van der Waals surface area (Å²) in [5.74, 6) is -0.161. The molecule has 1 N–H and O–H groups in total. The van der Waals surface area contributed by atoms with Crippen molar-refractivity contribution in [1.29, 1.82) is 0 Å². The van der Waals surface area contributed by atoms with Crippen LogP contribution in [-0.4, -0.2) is 43.2 Å². The van der Waals surface area contributed by atoms with E-state index in [0.717, 1.165) is 30.8 Å². The van der Waals surface area contributed by atoms with Gasteiger partial charge in [0, 0.05) is 31.4 Å². The number of carbonyl (C=O) groups excluding carboxylic acids is 1. The van der Waals surface area contributed by atoms with E-state index in [1.165, 1.54) is 0 Å². The van der Waals surface area contributed by atoms with Crippen molar-refractivity contribution in [3.05, 3.63) is 18.2 Å². The van der Waals surface area contributed by atoms with E-state index in [2.05, 4.69) is 11.8 Å². The molecule has 0 atom stereocenters. The van der Waals surface area contributed by atoms with Crippen LogP contribution in [0, 0.1) is 0 Å². The first kappa shape index (κ1) is 17.1. The first-order valence-corrected chi connectivity index (χ1v) is 8.10. The van der Waals surface area contributed by atoms with Gasteiger partial charge in [-0.2, -0.15) is 0 Å². The molecule has 0 bridgehead atoms. The zero-order chi connectivity index (χ0) is 16.8. The van der Waals surface area contributed by atoms with Crippen molar-refractivity contribution in [2.45, 2.75) is 33.1 Å². The highest BCUT2D eigenvalue weighted by Gasteiger charge is 2.24. The molecule has 1 aromatic carbocycles. The quantitative estimate of drug-likeness (QED) is 0.797. The third kappa shape index (κ3) is 4.15. The number of nitrogens with zero attached hydrogens (tertiary/aromatic N) is 2. The minimum atomic E-state index is -0.802. The standard InChI is InChI=1S/C17H24N2O4/c1-3-5-9-18(10-8-17(21)22)13-6-7-14-15(11-13)23-12-16(20)19(14)4-2/h6-7,11H,3-5,8-10,12H2,1-2H3,(H,21,22). The number of rotatable bonds is 8. The van der Waals surface area contributed by atoms with Crippen LogP contribution in [0.25, 0.3) is 0 Å². The molecule has 0 aliphatic carbocycles. The largest absolute Gasteiger partial charge is 0.481 e. The molecule has 0 radical (unpaired) electrons. The lowest BCUT2D eigenvalue weighted by Crippen LogP contribution is -2.38. The maximum Gasteiger partial charge on any atom is 0.305 e. The fraction of sp³-hybridized carbons (Fsp3) is 0.529. The number of benzene rings is 1. The van der Waals surface area contributed by atoms with Crippen molar-refractivity contribution < 1.29 is 19.4 Å². The summed E-state index contributed by atoms with van der Waals surface area (Å²) in [6.45, 7) is 5.96. The lowest BCUT2D eigenvalue weighted by molar-refractivity contribution is -0.136. The highest BCUT2D eigenvalue weighted by atomic mass is 16.5. The van der Waals surface area contributed by atoms with Crippen LogP contribution in [0.2, 0.25) is 0 Å². The summed E-state index contributed by atoms with van der Waals surface area (Å²) >= 11 is 0. The van der Waals surface area contributed by atoms with E-state index in [9.17, 15) is 9.59 Å². The molecular weight excluding hydrogens is 296 g/mol. The molecule has 1 heterocycles. The number of carboxylic acid groups (broad SMARTS) is 1. The van der Waals surface area contributed by atoms with E-state index in [-0.39, 0.29) is 18.9 Å². The van der Waals surface area contributed by atoms with Crippen LogP contribution in [0.4, 0.5) is 11.4 Å². The van der Waals surface area contributed by atoms with E-state index in [1.807, 2.05) is 25.1 Å². The highest BCUT2D eigenvalue weighted by molar-refractivity contribution is 5.98. The molecule has 1 amide bonds. The number of carboxylic acids is 1. The Morgan fingerprint density at radius 3 is 2.78 bits per heavy atom. The average Bonchev–Trinajstić information content (AvgIpc) is 2.54. The number of unbranched alkanes of at least 4 members (excludes halogenated alkanes) is 1. The van der Waals surface area contributed by atoms with Crippen LogP contribution in [-0.2, 0) is 9.59 Å². The first-order chi connectivity index (χ1) is 11.1. The maximum absolute atomic E-state index is 11.9. The molecular formula is C17H24N2O4. The van der Waals surface area contributed by atoms with Crippen molar-refractivity contribution in [3.8, 4) is 5.75 Å². The second-order valence-corrected chi connectivity index (χ2v) is 5.56. The molecule has 0 saturated carbocycles. The molecule has 1 aliphatic heterocycles. The Balaban J connectivity index is 2.23. The maximum atomic E-state index is 11.9. The van der Waals surface area contributed by atoms with Gasteiger partial charge in [0.1, 0.15) is 5.75 Å². The van der Waals surface area contributed by atoms with Gasteiger partial charge in [0.2, 0.25) is 0 Å². The summed E-state index contributed by atoms with van der Waals surface area (Å²) in [5.41, 5.74) is 1.71. The van der Waals surface area contributed by atoms with Crippen LogP contribution < -0.4 is 14.5 Å². The minimum absolute atomic E-state index is 0.0403. The number of hydrogen-bond donors (Lipinski definition) is 1. The number of hydrogen-bond acceptors (Lipinski definition) is 4. The Bertz CT molecular complexity index is 574. The van der Waals surface area contributed by atoms with E-state index in [1.54, 1.807) is 4.90 Å². The molecule has 1 aliphatic rings. The van der Waals surface area contributed by atoms with Gasteiger partial charge in [-0.15, -0.1) is 0 Å². The molecule has 23 heavy (non-hydrogen) atoms. The fourth-order valence-electron chi connectivity index (χ4n) is 2.69. The topological polar surface area (TPSA) is 70.1 Å². The van der Waals surface area contributed by atoms with E-state index < -0.39 is 5.97 Å². The van der Waals surface area contributed by atoms with Crippen LogP contribution in [0.1, 0.15) is 33.1 Å². The van der Waals surface area contributed by atoms with Gasteiger partial charge in [0.05, 0.1) is 12.1 Å². The SMILES string of the molecule is CCCCN(CCC(=O)O)c1ccc2c(c1)OCC(=O)N2CC. The summed E-state index contributed by atoms with van der Waals surface area (Å²) < 4.78 is 5.55. The fourth-order valence-corrected chi connectivity index (χ4v) is 2.69. The second kappa shape index (κ2) is 7.85. The van der Waals surface area contributed by atoms with Gasteiger partial charge in [-0.1, -0.05) is 13.3 Å². The number of likely N-dealkylation sites (N-methyl/N-ethyl adjacent to an activating group) is 1. The Morgan fingerprint density at radius 1 is 1.35 bits per heavy atom. The van der Waals surface area contributed by atoms with Crippen molar-refractivity contribution in [3.63, 3.8) is 0 Å². The zero-order valence-electron chi connectivity index (χ0n) is 13.7. The number of amides is 1. The summed E-state index contributed by atoms with van der Waals surface area (Å²) in [4.78, 5) is 26.5. The molecule has 6 nitrogen and oxygen atoms in total. The normalized spacial score (nSPS) is 13.5. The van der Waals surface area contributed by atoms with Crippen LogP contribution in [0.5, 0.6) is 5.75 Å². The second-order valence-electron chi connectivity index (χ2n) is 5.56. The van der Waals surface area contributed by atoms with Gasteiger partial charge >= 0.3 is 5.97 Å². The van der Waals surface area contributed by atoms with Gasteiger partial charge < -0.3 is 19.6 Å². The number of ether oxygens (including phenoxy) is 1. The Kier molecular flexibility index (Phi) is 5.84. The van der Waals surface area contributed by atoms with Crippen molar-refractivity contribution in [1.82, 2.24) is 0 Å². The third-order valence-electron chi connectivity index (χ3n) is 3.94. The number of anilines is 2. The summed E-state index contributed by atoms with van der Waals surface area (Å²) in [6, 6.07) is 5.72. The zero-order valence-corrected chi connectivity index (χ0v) is 13.7. The monoisotopic (exact) mass is 320 g/mol. The smallest absolute Gasteiger partial charge is 0.305 e. The van der Waals surface area contributed by atoms with Crippen LogP contribution >= 0.6 is 0 Å². The van der Waals surface area contributed by atoms with Gasteiger partial charge in [-0.25, -0.2) is 0 Å². The summed E-state index contributed by atoms with van der Waals surface area (Å²) in [5, 5.41) is 8.93. The lowest BCUT2D eigenvalue weighted by atomic mass is 10.1. The molecule has 126 valence electrons. The van der Waals surface area contributed by atoms with Crippen LogP contribution in [0.15, 0.2) is 18.2 Å². The number of aliphatic carboxylic acids is 1. The van der Waals surface area contributed by atoms with E-state index in [4.69, 9.17) is 9.84 Å². The molecule has 0 saturated heterocycles. The van der Waals surface area contributed by atoms with Gasteiger partial charge in [0.15, 0.2) is 6.61 Å². The molecule has 0 fully saturated rings.